The van der Waals surface area contributed by atoms with E-state index in [0.717, 1.165) is 54.8 Å². The molecule has 6 nitrogen and oxygen atoms in total. The van der Waals surface area contributed by atoms with Gasteiger partial charge in [0.25, 0.3) is 0 Å². The first-order valence-corrected chi connectivity index (χ1v) is 17.3. The monoisotopic (exact) mass is 594 g/mol. The van der Waals surface area contributed by atoms with Crippen LogP contribution in [0.2, 0.25) is 0 Å². The maximum Gasteiger partial charge on any atom is 0.311 e. The van der Waals surface area contributed by atoms with Crippen molar-refractivity contribution in [1.29, 1.82) is 0 Å². The smallest absolute Gasteiger partial charge is 0.311 e. The molecule has 9 unspecified atom stereocenters. The maximum absolute atomic E-state index is 12.6. The summed E-state index contributed by atoms with van der Waals surface area (Å²) in [6, 6.07) is 4.80. The molecule has 0 spiro atoms. The fourth-order valence-electron chi connectivity index (χ4n) is 10.6. The highest BCUT2D eigenvalue weighted by atomic mass is 17.1. The van der Waals surface area contributed by atoms with E-state index in [1.54, 1.807) is 23.8 Å². The number of hydrogen-bond donors (Lipinski definition) is 3. The van der Waals surface area contributed by atoms with Crippen LogP contribution >= 0.6 is 0 Å². The van der Waals surface area contributed by atoms with Crippen LogP contribution in [0.5, 0.6) is 5.75 Å². The van der Waals surface area contributed by atoms with Gasteiger partial charge in [-0.05, 0) is 116 Å². The molecule has 9 atom stereocenters. The van der Waals surface area contributed by atoms with E-state index in [1.165, 1.54) is 51.4 Å². The van der Waals surface area contributed by atoms with Crippen molar-refractivity contribution in [3.63, 3.8) is 0 Å². The summed E-state index contributed by atoms with van der Waals surface area (Å²) in [6.07, 6.45) is 16.8. The van der Waals surface area contributed by atoms with E-state index in [-0.39, 0.29) is 29.8 Å². The van der Waals surface area contributed by atoms with Crippen LogP contribution in [0.1, 0.15) is 118 Å². The van der Waals surface area contributed by atoms with E-state index >= 15 is 0 Å². The number of fused-ring (bicyclic) bond motifs is 5. The maximum atomic E-state index is 12.6. The lowest BCUT2D eigenvalue weighted by Crippen LogP contribution is -2.51. The van der Waals surface area contributed by atoms with E-state index < -0.39 is 0 Å². The van der Waals surface area contributed by atoms with Crippen molar-refractivity contribution < 1.29 is 19.7 Å². The molecule has 3 saturated carbocycles. The lowest BCUT2D eigenvalue weighted by atomic mass is 9.46. The zero-order chi connectivity index (χ0) is 30.9. The predicted molar refractivity (Wildman–Crippen MR) is 174 cm³/mol. The Labute approximate surface area is 260 Å². The summed E-state index contributed by atoms with van der Waals surface area (Å²) >= 11 is 0. The minimum atomic E-state index is -0.385. The van der Waals surface area contributed by atoms with Gasteiger partial charge in [-0.15, -0.1) is 0 Å². The average Bonchev–Trinajstić information content (AvgIpc) is 3.30. The van der Waals surface area contributed by atoms with Crippen molar-refractivity contribution in [2.24, 2.45) is 52.3 Å². The first-order valence-electron chi connectivity index (χ1n) is 17.3. The highest BCUT2D eigenvalue weighted by molar-refractivity contribution is 5.73. The molecule has 6 heteroatoms. The molecule has 1 aromatic rings. The Balaban J connectivity index is 1.19. The molecular weight excluding hydrogens is 536 g/mol. The lowest BCUT2D eigenvalue weighted by molar-refractivity contribution is -0.293. The molecule has 3 fully saturated rings. The van der Waals surface area contributed by atoms with Gasteiger partial charge in [0, 0.05) is 29.9 Å². The summed E-state index contributed by atoms with van der Waals surface area (Å²) in [4.78, 5) is 17.6. The van der Waals surface area contributed by atoms with Crippen molar-refractivity contribution >= 4 is 17.3 Å². The van der Waals surface area contributed by atoms with Gasteiger partial charge in [-0.2, -0.15) is 0 Å². The minimum absolute atomic E-state index is 0.161. The molecule has 43 heavy (non-hydrogen) atoms. The van der Waals surface area contributed by atoms with Crippen LogP contribution in [0.3, 0.4) is 0 Å². The summed E-state index contributed by atoms with van der Waals surface area (Å²) < 4.78 is 5.47. The molecule has 0 aromatic heterocycles. The Morgan fingerprint density at radius 1 is 0.977 bits per heavy atom. The third-order valence-corrected chi connectivity index (χ3v) is 12.8. The SMILES string of the molecule is CC(C)CCCC(C)C1CCC2C3CC=C4CC(C(CCC(=O)Oc5cc(N)cc(N)c5)OO)CCC4(C)C3CCC12C. The summed E-state index contributed by atoms with van der Waals surface area (Å²) in [5.74, 6) is 5.11. The fourth-order valence-corrected chi connectivity index (χ4v) is 10.6. The highest BCUT2D eigenvalue weighted by Crippen LogP contribution is 2.67. The summed E-state index contributed by atoms with van der Waals surface area (Å²) in [5, 5.41) is 9.88. The number of nitrogen functional groups attached to an aromatic ring is 2. The van der Waals surface area contributed by atoms with Crippen LogP contribution < -0.4 is 16.2 Å². The topological polar surface area (TPSA) is 108 Å². The summed E-state index contributed by atoms with van der Waals surface area (Å²) in [7, 11) is 0. The molecule has 0 bridgehead atoms. The normalized spacial score (nSPS) is 35.0. The minimum Gasteiger partial charge on any atom is -0.426 e. The van der Waals surface area contributed by atoms with Crippen LogP contribution in [-0.4, -0.2) is 17.3 Å². The highest BCUT2D eigenvalue weighted by Gasteiger charge is 2.59. The van der Waals surface area contributed by atoms with Gasteiger partial charge < -0.3 is 16.2 Å². The van der Waals surface area contributed by atoms with E-state index in [1.807, 2.05) is 0 Å². The van der Waals surface area contributed by atoms with E-state index in [2.05, 4.69) is 40.7 Å². The summed E-state index contributed by atoms with van der Waals surface area (Å²) in [5.41, 5.74) is 14.9. The standard InChI is InChI=1S/C37H58N2O4/c1-23(2)7-6-8-24(3)31-11-12-32-30-10-9-26-19-25(15-17-36(26,4)33(30)16-18-37(31,32)5)34(43-41)13-14-35(40)42-29-21-27(38)20-28(39)22-29/h9,20-25,30-34,41H,6-8,10-19,38-39H2,1-5H3. The number of benzene rings is 1. The quantitative estimate of drug-likeness (QED) is 0.0589. The Morgan fingerprint density at radius 2 is 1.72 bits per heavy atom. The van der Waals surface area contributed by atoms with Gasteiger partial charge in [-0.1, -0.05) is 65.5 Å². The molecule has 0 aliphatic heterocycles. The van der Waals surface area contributed by atoms with Gasteiger partial charge >= 0.3 is 5.97 Å². The first kappa shape index (κ1) is 32.3. The molecule has 5 rings (SSSR count). The van der Waals surface area contributed by atoms with Crippen molar-refractivity contribution in [3.8, 4) is 5.75 Å². The lowest BCUT2D eigenvalue weighted by Gasteiger charge is -2.59. The number of esters is 1. The molecule has 4 aliphatic rings. The van der Waals surface area contributed by atoms with Gasteiger partial charge in [0.1, 0.15) is 5.75 Å². The summed E-state index contributed by atoms with van der Waals surface area (Å²) in [6.45, 7) is 12.5. The number of allylic oxidation sites excluding steroid dienone is 2. The van der Waals surface area contributed by atoms with Crippen LogP contribution in [0.4, 0.5) is 11.4 Å². The number of nitrogens with two attached hydrogens (primary N) is 2. The average molecular weight is 595 g/mol. The Morgan fingerprint density at radius 3 is 2.42 bits per heavy atom. The second-order valence-corrected chi connectivity index (χ2v) is 15.8. The second-order valence-electron chi connectivity index (χ2n) is 15.8. The van der Waals surface area contributed by atoms with Crippen LogP contribution in [0, 0.1) is 52.3 Å². The number of rotatable bonds is 11. The number of ether oxygens (including phenoxy) is 1. The fraction of sp³-hybridized carbons (Fsp3) is 0.757. The van der Waals surface area contributed by atoms with Crippen LogP contribution in [-0.2, 0) is 9.68 Å². The molecule has 0 radical (unpaired) electrons. The van der Waals surface area contributed by atoms with E-state index in [0.29, 0.717) is 29.0 Å². The Hall–Kier alpha value is -2.05. The van der Waals surface area contributed by atoms with Gasteiger partial charge in [0.15, 0.2) is 0 Å². The van der Waals surface area contributed by atoms with Gasteiger partial charge in [0.05, 0.1) is 6.10 Å². The first-order chi connectivity index (χ1) is 20.4. The third kappa shape index (κ3) is 6.66. The number of anilines is 2. The molecular formula is C37H58N2O4. The van der Waals surface area contributed by atoms with Gasteiger partial charge in [-0.25, -0.2) is 4.89 Å². The van der Waals surface area contributed by atoms with Gasteiger partial charge in [0.2, 0.25) is 0 Å². The Bertz CT molecular complexity index is 1150. The molecule has 0 amide bonds. The zero-order valence-corrected chi connectivity index (χ0v) is 27.4. The second kappa shape index (κ2) is 13.1. The predicted octanol–water partition coefficient (Wildman–Crippen LogP) is 9.05. The molecule has 4 aliphatic carbocycles. The van der Waals surface area contributed by atoms with Crippen LogP contribution in [0.25, 0.3) is 0 Å². The number of hydrogen-bond acceptors (Lipinski definition) is 6. The van der Waals surface area contributed by atoms with E-state index in [9.17, 15) is 10.1 Å². The third-order valence-electron chi connectivity index (χ3n) is 12.8. The molecule has 0 heterocycles. The largest absolute Gasteiger partial charge is 0.426 e. The van der Waals surface area contributed by atoms with Crippen molar-refractivity contribution in [3.05, 3.63) is 29.8 Å². The number of carbonyl (C=O) groups excluding carboxylic acids is 1. The molecule has 0 saturated heterocycles. The van der Waals surface area contributed by atoms with Crippen molar-refractivity contribution in [2.75, 3.05) is 11.5 Å². The van der Waals surface area contributed by atoms with Crippen molar-refractivity contribution in [1.82, 2.24) is 0 Å². The van der Waals surface area contributed by atoms with E-state index in [4.69, 9.17) is 21.1 Å². The number of carbonyl (C=O) groups is 1. The Kier molecular flexibility index (Phi) is 9.87. The van der Waals surface area contributed by atoms with Crippen LogP contribution in [0.15, 0.2) is 29.8 Å². The molecule has 240 valence electrons. The zero-order valence-electron chi connectivity index (χ0n) is 27.4. The molecule has 1 aromatic carbocycles. The van der Waals surface area contributed by atoms with Crippen molar-refractivity contribution in [2.45, 2.75) is 124 Å². The van der Waals surface area contributed by atoms with Gasteiger partial charge in [-0.3, -0.25) is 10.1 Å². The molecule has 5 N–H and O–H groups in total.